The Morgan fingerprint density at radius 3 is 2.45 bits per heavy atom. The van der Waals surface area contributed by atoms with Crippen LogP contribution >= 0.6 is 0 Å². The van der Waals surface area contributed by atoms with E-state index < -0.39 is 11.9 Å². The Bertz CT molecular complexity index is 876. The first-order chi connectivity index (χ1) is 14.7. The maximum Gasteiger partial charge on any atom is 0.433 e. The number of pyridine rings is 1. The topological polar surface area (TPSA) is 54.2 Å². The van der Waals surface area contributed by atoms with Gasteiger partial charge in [-0.3, -0.25) is 0 Å². The number of rotatable bonds is 7. The monoisotopic (exact) mass is 438 g/mol. The Morgan fingerprint density at radius 2 is 1.84 bits per heavy atom. The first-order valence-electron chi connectivity index (χ1n) is 10.7. The number of alkyl halides is 3. The summed E-state index contributed by atoms with van der Waals surface area (Å²) in [5.74, 6) is 0.680. The summed E-state index contributed by atoms with van der Waals surface area (Å²) in [6.07, 6.45) is -2.60. The van der Waals surface area contributed by atoms with Gasteiger partial charge in [-0.2, -0.15) is 13.2 Å². The van der Waals surface area contributed by atoms with Crippen molar-refractivity contribution in [2.45, 2.75) is 51.9 Å². The lowest BCUT2D eigenvalue weighted by Gasteiger charge is -2.33. The van der Waals surface area contributed by atoms with Crippen molar-refractivity contribution in [2.75, 3.05) is 24.5 Å². The van der Waals surface area contributed by atoms with E-state index in [1.807, 2.05) is 17.9 Å². The average Bonchev–Trinajstić information content (AvgIpc) is 2.73. The molecular weight excluding hydrogens is 408 g/mol. The molecule has 1 aromatic heterocycles. The van der Waals surface area contributed by atoms with Crippen molar-refractivity contribution in [3.05, 3.63) is 58.5 Å². The molecule has 0 saturated carbocycles. The van der Waals surface area contributed by atoms with Gasteiger partial charge >= 0.3 is 6.18 Å². The average molecular weight is 439 g/mol. The normalized spacial score (nSPS) is 16.5. The highest BCUT2D eigenvalue weighted by atomic mass is 19.4. The Morgan fingerprint density at radius 1 is 1.16 bits per heavy atom. The summed E-state index contributed by atoms with van der Waals surface area (Å²) in [6.45, 7) is 6.62. The molecule has 4 nitrogen and oxygen atoms in total. The number of benzene rings is 1. The molecule has 0 radical (unpaired) electrons. The quantitative estimate of drug-likeness (QED) is 0.608. The van der Waals surface area contributed by atoms with E-state index in [0.29, 0.717) is 43.5 Å². The summed E-state index contributed by atoms with van der Waals surface area (Å²) in [4.78, 5) is 5.93. The van der Waals surface area contributed by atoms with Gasteiger partial charge in [0.2, 0.25) is 0 Å². The fraction of sp³-hybridized carbons (Fsp3) is 0.522. The second kappa shape index (κ2) is 9.96. The molecule has 0 spiro atoms. The number of anilines is 1. The van der Waals surface area contributed by atoms with E-state index in [0.717, 1.165) is 30.0 Å². The van der Waals surface area contributed by atoms with E-state index in [-0.39, 0.29) is 18.3 Å². The van der Waals surface area contributed by atoms with E-state index >= 15 is 0 Å². The van der Waals surface area contributed by atoms with Gasteiger partial charge in [-0.1, -0.05) is 32.0 Å². The zero-order chi connectivity index (χ0) is 22.6. The van der Waals surface area contributed by atoms with Crippen molar-refractivity contribution in [1.82, 2.24) is 10.3 Å². The second-order valence-electron chi connectivity index (χ2n) is 8.43. The zero-order valence-electron chi connectivity index (χ0n) is 18.0. The molecule has 31 heavy (non-hydrogen) atoms. The number of halogens is 4. The van der Waals surface area contributed by atoms with Gasteiger partial charge in [0.15, 0.2) is 0 Å². The van der Waals surface area contributed by atoms with Crippen LogP contribution in [0.4, 0.5) is 23.4 Å². The van der Waals surface area contributed by atoms with Gasteiger partial charge < -0.3 is 16.0 Å². The molecule has 0 bridgehead atoms. The molecule has 1 aliphatic rings. The zero-order valence-corrected chi connectivity index (χ0v) is 18.0. The lowest BCUT2D eigenvalue weighted by molar-refractivity contribution is -0.141. The van der Waals surface area contributed by atoms with E-state index in [1.54, 1.807) is 6.07 Å². The summed E-state index contributed by atoms with van der Waals surface area (Å²) >= 11 is 0. The minimum atomic E-state index is -4.47. The molecule has 1 atom stereocenters. The maximum atomic E-state index is 14.0. The molecule has 0 amide bonds. The van der Waals surface area contributed by atoms with Gasteiger partial charge in [0.25, 0.3) is 0 Å². The molecule has 2 heterocycles. The number of aromatic nitrogens is 1. The SMILES string of the molecule is CC1CCN(c2nc(C(F)(F)F)ccc2CNCC(C)c2ccc(CN)c(F)c2)CC1. The third-order valence-electron chi connectivity index (χ3n) is 5.96. The predicted molar refractivity (Wildman–Crippen MR) is 114 cm³/mol. The van der Waals surface area contributed by atoms with Crippen molar-refractivity contribution in [1.29, 1.82) is 0 Å². The second-order valence-corrected chi connectivity index (χ2v) is 8.43. The van der Waals surface area contributed by atoms with Crippen LogP contribution in [0.2, 0.25) is 0 Å². The number of hydrogen-bond acceptors (Lipinski definition) is 4. The summed E-state index contributed by atoms with van der Waals surface area (Å²) in [5.41, 5.74) is 6.70. The third-order valence-corrected chi connectivity index (χ3v) is 5.96. The summed E-state index contributed by atoms with van der Waals surface area (Å²) in [6, 6.07) is 7.59. The van der Waals surface area contributed by atoms with Crippen molar-refractivity contribution in [2.24, 2.45) is 11.7 Å². The van der Waals surface area contributed by atoms with Gasteiger partial charge in [0.1, 0.15) is 17.3 Å². The minimum absolute atomic E-state index is 0.0306. The first kappa shape index (κ1) is 23.5. The highest BCUT2D eigenvalue weighted by Crippen LogP contribution is 2.32. The van der Waals surface area contributed by atoms with Crippen LogP contribution in [0, 0.1) is 11.7 Å². The molecule has 170 valence electrons. The van der Waals surface area contributed by atoms with E-state index in [1.165, 1.54) is 12.1 Å². The van der Waals surface area contributed by atoms with Crippen LogP contribution in [0.5, 0.6) is 0 Å². The van der Waals surface area contributed by atoms with Crippen molar-refractivity contribution in [3.8, 4) is 0 Å². The standard InChI is InChI=1S/C23H30F4N4/c1-15-7-9-31(10-8-15)22-19(5-6-21(30-22)23(25,26)27)14-29-13-16(2)17-3-4-18(12-28)20(24)11-17/h3-6,11,15-16,29H,7-10,12-14,28H2,1-2H3. The fourth-order valence-corrected chi connectivity index (χ4v) is 3.84. The number of piperidine rings is 1. The van der Waals surface area contributed by atoms with Crippen molar-refractivity contribution < 1.29 is 17.6 Å². The van der Waals surface area contributed by atoms with Crippen LogP contribution in [0.1, 0.15) is 55.0 Å². The Labute approximate surface area is 180 Å². The van der Waals surface area contributed by atoms with Crippen LogP contribution in [-0.2, 0) is 19.3 Å². The Balaban J connectivity index is 1.70. The number of nitrogens with two attached hydrogens (primary N) is 1. The molecule has 1 aromatic carbocycles. The van der Waals surface area contributed by atoms with Crippen LogP contribution in [0.3, 0.4) is 0 Å². The van der Waals surface area contributed by atoms with Gasteiger partial charge in [-0.15, -0.1) is 0 Å². The molecule has 2 aromatic rings. The van der Waals surface area contributed by atoms with Gasteiger partial charge in [0, 0.05) is 43.9 Å². The molecule has 1 unspecified atom stereocenters. The van der Waals surface area contributed by atoms with Crippen LogP contribution in [0.15, 0.2) is 30.3 Å². The lowest BCUT2D eigenvalue weighted by atomic mass is 9.98. The predicted octanol–water partition coefficient (Wildman–Crippen LogP) is 4.83. The Kier molecular flexibility index (Phi) is 7.54. The third kappa shape index (κ3) is 5.95. The van der Waals surface area contributed by atoms with Crippen molar-refractivity contribution in [3.63, 3.8) is 0 Å². The molecule has 3 N–H and O–H groups in total. The Hall–Kier alpha value is -2.19. The first-order valence-corrected chi connectivity index (χ1v) is 10.7. The summed E-state index contributed by atoms with van der Waals surface area (Å²) in [5, 5.41) is 3.30. The molecule has 1 aliphatic heterocycles. The fourth-order valence-electron chi connectivity index (χ4n) is 3.84. The lowest BCUT2D eigenvalue weighted by Crippen LogP contribution is -2.35. The van der Waals surface area contributed by atoms with Gasteiger partial charge in [0.05, 0.1) is 0 Å². The van der Waals surface area contributed by atoms with Crippen LogP contribution < -0.4 is 16.0 Å². The van der Waals surface area contributed by atoms with Gasteiger partial charge in [-0.05, 0) is 42.4 Å². The van der Waals surface area contributed by atoms with Crippen molar-refractivity contribution >= 4 is 5.82 Å². The molecular formula is C23H30F4N4. The largest absolute Gasteiger partial charge is 0.433 e. The summed E-state index contributed by atoms with van der Waals surface area (Å²) in [7, 11) is 0. The van der Waals surface area contributed by atoms with Gasteiger partial charge in [-0.25, -0.2) is 9.37 Å². The minimum Gasteiger partial charge on any atom is -0.356 e. The van der Waals surface area contributed by atoms with E-state index in [9.17, 15) is 17.6 Å². The molecule has 8 heteroatoms. The molecule has 1 saturated heterocycles. The molecule has 1 fully saturated rings. The molecule has 0 aliphatic carbocycles. The van der Waals surface area contributed by atoms with Crippen LogP contribution in [0.25, 0.3) is 0 Å². The van der Waals surface area contributed by atoms with E-state index in [2.05, 4.69) is 17.2 Å². The highest BCUT2D eigenvalue weighted by molar-refractivity contribution is 5.48. The smallest absolute Gasteiger partial charge is 0.356 e. The van der Waals surface area contributed by atoms with Crippen LogP contribution in [-0.4, -0.2) is 24.6 Å². The maximum absolute atomic E-state index is 14.0. The number of nitrogens with zero attached hydrogens (tertiary/aromatic N) is 2. The number of hydrogen-bond donors (Lipinski definition) is 2. The molecule has 3 rings (SSSR count). The number of nitrogens with one attached hydrogen (secondary N) is 1. The van der Waals surface area contributed by atoms with E-state index in [4.69, 9.17) is 5.73 Å². The summed E-state index contributed by atoms with van der Waals surface area (Å²) < 4.78 is 53.7. The highest BCUT2D eigenvalue weighted by Gasteiger charge is 2.34.